The average molecular weight is 243 g/mol. The Morgan fingerprint density at radius 2 is 1.88 bits per heavy atom. The molecule has 88 valence electrons. The number of hydrogen-bond donors (Lipinski definition) is 2. The van der Waals surface area contributed by atoms with Crippen molar-refractivity contribution >= 4 is 16.0 Å². The lowest BCUT2D eigenvalue weighted by molar-refractivity contribution is -0.136. The summed E-state index contributed by atoms with van der Waals surface area (Å²) in [6, 6.07) is 5.79. The maximum Gasteiger partial charge on any atom is 0.307 e. The van der Waals surface area contributed by atoms with E-state index < -0.39 is 16.0 Å². The zero-order valence-corrected chi connectivity index (χ0v) is 9.62. The fourth-order valence-corrected chi connectivity index (χ4v) is 2.28. The van der Waals surface area contributed by atoms with Gasteiger partial charge in [-0.05, 0) is 17.7 Å². The van der Waals surface area contributed by atoms with Crippen LogP contribution >= 0.6 is 0 Å². The van der Waals surface area contributed by atoms with Gasteiger partial charge >= 0.3 is 5.97 Å². The molecule has 2 N–H and O–H groups in total. The second-order valence-corrected chi connectivity index (χ2v) is 4.98. The van der Waals surface area contributed by atoms with Gasteiger partial charge in [0, 0.05) is 6.54 Å². The van der Waals surface area contributed by atoms with Crippen LogP contribution in [-0.2, 0) is 21.2 Å². The molecule has 16 heavy (non-hydrogen) atoms. The fraction of sp³-hybridized carbons (Fsp3) is 0.300. The summed E-state index contributed by atoms with van der Waals surface area (Å²) in [5.41, 5.74) is 0.572. The molecule has 0 aliphatic heterocycles. The van der Waals surface area contributed by atoms with Crippen molar-refractivity contribution in [2.45, 2.75) is 18.2 Å². The predicted octanol–water partition coefficient (Wildman–Crippen LogP) is 0.612. The molecule has 5 nitrogen and oxygen atoms in total. The van der Waals surface area contributed by atoms with Gasteiger partial charge in [-0.1, -0.05) is 19.1 Å². The molecule has 1 aromatic rings. The molecule has 0 heterocycles. The van der Waals surface area contributed by atoms with Crippen LogP contribution in [0, 0.1) is 0 Å². The summed E-state index contributed by atoms with van der Waals surface area (Å²) in [5, 5.41) is 8.55. The summed E-state index contributed by atoms with van der Waals surface area (Å²) in [6.45, 7) is 2.01. The Balaban J connectivity index is 2.91. The normalized spacial score (nSPS) is 11.3. The van der Waals surface area contributed by atoms with Crippen LogP contribution < -0.4 is 4.72 Å². The van der Waals surface area contributed by atoms with Crippen LogP contribution in [0.5, 0.6) is 0 Å². The number of benzene rings is 1. The first-order valence-corrected chi connectivity index (χ1v) is 6.24. The smallest absolute Gasteiger partial charge is 0.307 e. The number of aliphatic carboxylic acids is 1. The molecule has 0 aliphatic rings. The Morgan fingerprint density at radius 3 is 2.31 bits per heavy atom. The van der Waals surface area contributed by atoms with E-state index in [2.05, 4.69) is 4.72 Å². The zero-order valence-electron chi connectivity index (χ0n) is 8.80. The lowest BCUT2D eigenvalue weighted by Crippen LogP contribution is -2.23. The van der Waals surface area contributed by atoms with Crippen molar-refractivity contribution in [3.05, 3.63) is 29.8 Å². The third-order valence-electron chi connectivity index (χ3n) is 1.92. The van der Waals surface area contributed by atoms with Crippen LogP contribution in [0.1, 0.15) is 12.5 Å². The predicted molar refractivity (Wildman–Crippen MR) is 58.6 cm³/mol. The highest BCUT2D eigenvalue weighted by molar-refractivity contribution is 7.89. The quantitative estimate of drug-likeness (QED) is 0.793. The molecule has 1 aromatic carbocycles. The van der Waals surface area contributed by atoms with E-state index in [0.29, 0.717) is 12.1 Å². The van der Waals surface area contributed by atoms with Crippen LogP contribution in [0.25, 0.3) is 0 Å². The Labute approximate surface area is 94.2 Å². The van der Waals surface area contributed by atoms with Gasteiger partial charge in [-0.2, -0.15) is 0 Å². The fourth-order valence-electron chi connectivity index (χ4n) is 1.23. The first-order chi connectivity index (χ1) is 7.45. The summed E-state index contributed by atoms with van der Waals surface area (Å²) in [6.07, 6.45) is -0.110. The standard InChI is InChI=1S/C10H13NO4S/c1-2-11-16(14,15)9-5-3-8(4-6-9)7-10(12)13/h3-6,11H,2,7H2,1H3,(H,12,13). The first-order valence-electron chi connectivity index (χ1n) is 4.76. The average Bonchev–Trinajstić information content (AvgIpc) is 2.17. The number of carboxylic acid groups (broad SMARTS) is 1. The van der Waals surface area contributed by atoms with E-state index in [9.17, 15) is 13.2 Å². The number of carboxylic acids is 1. The van der Waals surface area contributed by atoms with E-state index >= 15 is 0 Å². The largest absolute Gasteiger partial charge is 0.481 e. The van der Waals surface area contributed by atoms with Crippen molar-refractivity contribution in [1.82, 2.24) is 4.72 Å². The molecular formula is C10H13NO4S. The molecule has 0 radical (unpaired) electrons. The monoisotopic (exact) mass is 243 g/mol. The molecule has 0 fully saturated rings. The van der Waals surface area contributed by atoms with Gasteiger partial charge in [0.15, 0.2) is 0 Å². The van der Waals surface area contributed by atoms with Crippen LogP contribution in [0.3, 0.4) is 0 Å². The molecule has 0 amide bonds. The van der Waals surface area contributed by atoms with Gasteiger partial charge in [0.2, 0.25) is 10.0 Å². The number of nitrogens with one attached hydrogen (secondary N) is 1. The summed E-state index contributed by atoms with van der Waals surface area (Å²) in [5.74, 6) is -0.942. The molecule has 0 saturated heterocycles. The van der Waals surface area contributed by atoms with Gasteiger partial charge in [-0.15, -0.1) is 0 Å². The van der Waals surface area contributed by atoms with Crippen molar-refractivity contribution in [2.75, 3.05) is 6.54 Å². The maximum atomic E-state index is 11.5. The third kappa shape index (κ3) is 3.32. The highest BCUT2D eigenvalue weighted by Gasteiger charge is 2.12. The minimum absolute atomic E-state index is 0.110. The molecule has 1 rings (SSSR count). The molecular weight excluding hydrogens is 230 g/mol. The van der Waals surface area contributed by atoms with Crippen LogP contribution in [0.4, 0.5) is 0 Å². The summed E-state index contributed by atoms with van der Waals surface area (Å²) in [7, 11) is -3.45. The Hall–Kier alpha value is -1.40. The van der Waals surface area contributed by atoms with Crippen molar-refractivity contribution in [2.24, 2.45) is 0 Å². The minimum Gasteiger partial charge on any atom is -0.481 e. The number of rotatable bonds is 5. The Morgan fingerprint density at radius 1 is 1.31 bits per heavy atom. The van der Waals surface area contributed by atoms with Gasteiger partial charge < -0.3 is 5.11 Å². The zero-order chi connectivity index (χ0) is 12.2. The van der Waals surface area contributed by atoms with Crippen LogP contribution in [0.15, 0.2) is 29.2 Å². The molecule has 0 spiro atoms. The third-order valence-corrected chi connectivity index (χ3v) is 3.48. The summed E-state index contributed by atoms with van der Waals surface area (Å²) < 4.78 is 25.4. The molecule has 0 saturated carbocycles. The van der Waals surface area contributed by atoms with Crippen LogP contribution in [-0.4, -0.2) is 26.0 Å². The van der Waals surface area contributed by atoms with Crippen molar-refractivity contribution in [3.8, 4) is 0 Å². The highest BCUT2D eigenvalue weighted by atomic mass is 32.2. The molecule has 0 aromatic heterocycles. The molecule has 0 aliphatic carbocycles. The van der Waals surface area contributed by atoms with E-state index in [-0.39, 0.29) is 11.3 Å². The van der Waals surface area contributed by atoms with Crippen molar-refractivity contribution < 1.29 is 18.3 Å². The SMILES string of the molecule is CCNS(=O)(=O)c1ccc(CC(=O)O)cc1. The number of carbonyl (C=O) groups is 1. The highest BCUT2D eigenvalue weighted by Crippen LogP contribution is 2.10. The lowest BCUT2D eigenvalue weighted by Gasteiger charge is -2.04. The molecule has 0 unspecified atom stereocenters. The van der Waals surface area contributed by atoms with Crippen molar-refractivity contribution in [1.29, 1.82) is 0 Å². The van der Waals surface area contributed by atoms with Gasteiger partial charge in [0.1, 0.15) is 0 Å². The second kappa shape index (κ2) is 5.09. The molecule has 0 bridgehead atoms. The lowest BCUT2D eigenvalue weighted by atomic mass is 10.2. The summed E-state index contributed by atoms with van der Waals surface area (Å²) in [4.78, 5) is 10.6. The van der Waals surface area contributed by atoms with Gasteiger partial charge in [0.05, 0.1) is 11.3 Å². The van der Waals surface area contributed by atoms with Gasteiger partial charge in [-0.25, -0.2) is 13.1 Å². The van der Waals surface area contributed by atoms with E-state index in [1.165, 1.54) is 24.3 Å². The van der Waals surface area contributed by atoms with E-state index in [1.807, 2.05) is 0 Å². The second-order valence-electron chi connectivity index (χ2n) is 3.22. The number of sulfonamides is 1. The van der Waals surface area contributed by atoms with E-state index in [0.717, 1.165) is 0 Å². The van der Waals surface area contributed by atoms with E-state index in [1.54, 1.807) is 6.92 Å². The van der Waals surface area contributed by atoms with Crippen LogP contribution in [0.2, 0.25) is 0 Å². The molecule has 0 atom stereocenters. The Kier molecular flexibility index (Phi) is 4.03. The van der Waals surface area contributed by atoms with Gasteiger partial charge in [0.25, 0.3) is 0 Å². The van der Waals surface area contributed by atoms with Crippen molar-refractivity contribution in [3.63, 3.8) is 0 Å². The molecule has 6 heteroatoms. The Bertz CT molecular complexity index is 464. The first kappa shape index (κ1) is 12.7. The minimum atomic E-state index is -3.45. The maximum absolute atomic E-state index is 11.5. The topological polar surface area (TPSA) is 83.5 Å². The van der Waals surface area contributed by atoms with E-state index in [4.69, 9.17) is 5.11 Å². The summed E-state index contributed by atoms with van der Waals surface area (Å²) >= 11 is 0. The number of hydrogen-bond acceptors (Lipinski definition) is 3. The van der Waals surface area contributed by atoms with Gasteiger partial charge in [-0.3, -0.25) is 4.79 Å².